The number of methoxy groups -OCH3 is 1. The molecule has 7 nitrogen and oxygen atoms in total. The normalized spacial score (nSPS) is 25.6. The average Bonchev–Trinajstić information content (AvgIpc) is 3.32. The maximum Gasteiger partial charge on any atom is 0.261 e. The smallest absolute Gasteiger partial charge is 0.261 e. The van der Waals surface area contributed by atoms with Crippen LogP contribution in [-0.4, -0.2) is 71.2 Å². The molecule has 0 aliphatic carbocycles. The van der Waals surface area contributed by atoms with Gasteiger partial charge in [-0.3, -0.25) is 4.79 Å². The first-order chi connectivity index (χ1) is 24.4. The van der Waals surface area contributed by atoms with Crippen molar-refractivity contribution in [3.63, 3.8) is 0 Å². The number of carbonyl (C=O) groups is 1. The summed E-state index contributed by atoms with van der Waals surface area (Å²) in [7, 11) is -1.08. The van der Waals surface area contributed by atoms with Gasteiger partial charge in [-0.15, -0.1) is 6.58 Å². The number of ether oxygens (including phenoxy) is 5. The Kier molecular flexibility index (Phi) is 12.9. The van der Waals surface area contributed by atoms with Gasteiger partial charge in [-0.2, -0.15) is 0 Å². The lowest BCUT2D eigenvalue weighted by molar-refractivity contribution is -0.309. The number of benzene rings is 3. The van der Waals surface area contributed by atoms with Crippen molar-refractivity contribution in [2.24, 2.45) is 11.3 Å². The van der Waals surface area contributed by atoms with Crippen LogP contribution in [0.5, 0.6) is 0 Å². The van der Waals surface area contributed by atoms with E-state index in [0.29, 0.717) is 39.3 Å². The first-order valence-corrected chi connectivity index (χ1v) is 20.3. The SMILES string of the molecule is C=CCO[C@H]1[C@@H]([C@H](CCOCc2ccccc2)OC)OC2(CC(=O)[C@H](C)[C@H](CCO[Si](c3ccccc3)(c3ccccc3)C(C)(C)C)O2)C1(C)C. The zero-order valence-corrected chi connectivity index (χ0v) is 32.6. The summed E-state index contributed by atoms with van der Waals surface area (Å²) in [5, 5.41) is 2.28. The lowest BCUT2D eigenvalue weighted by atomic mass is 9.73. The Morgan fingerprint density at radius 1 is 0.922 bits per heavy atom. The zero-order chi connectivity index (χ0) is 36.7. The van der Waals surface area contributed by atoms with Crippen molar-refractivity contribution in [2.45, 2.75) is 103 Å². The van der Waals surface area contributed by atoms with Gasteiger partial charge in [-0.25, -0.2) is 0 Å². The monoisotopic (exact) mass is 714 g/mol. The third-order valence-electron chi connectivity index (χ3n) is 11.0. The van der Waals surface area contributed by atoms with Crippen LogP contribution in [0.25, 0.3) is 0 Å². The summed E-state index contributed by atoms with van der Waals surface area (Å²) in [6.07, 6.45) is 1.37. The first kappa shape index (κ1) is 39.3. The molecule has 2 heterocycles. The second kappa shape index (κ2) is 16.8. The highest BCUT2D eigenvalue weighted by atomic mass is 28.4. The Labute approximate surface area is 306 Å². The average molecular weight is 715 g/mol. The van der Waals surface area contributed by atoms with Gasteiger partial charge >= 0.3 is 0 Å². The molecule has 8 heteroatoms. The first-order valence-electron chi connectivity index (χ1n) is 18.4. The van der Waals surface area contributed by atoms with E-state index in [1.807, 2.05) is 49.4 Å². The molecule has 0 saturated carbocycles. The van der Waals surface area contributed by atoms with Crippen molar-refractivity contribution in [1.82, 2.24) is 0 Å². The van der Waals surface area contributed by atoms with E-state index < -0.39 is 37.8 Å². The molecule has 0 N–H and O–H groups in total. The number of hydrogen-bond acceptors (Lipinski definition) is 7. The van der Waals surface area contributed by atoms with E-state index in [1.165, 1.54) is 10.4 Å². The van der Waals surface area contributed by atoms with Crippen molar-refractivity contribution in [3.8, 4) is 0 Å². The zero-order valence-electron chi connectivity index (χ0n) is 31.6. The van der Waals surface area contributed by atoms with Gasteiger partial charge in [0.1, 0.15) is 11.9 Å². The van der Waals surface area contributed by atoms with Gasteiger partial charge < -0.3 is 28.1 Å². The molecule has 6 atom stereocenters. The third kappa shape index (κ3) is 8.18. The predicted molar refractivity (Wildman–Crippen MR) is 205 cm³/mol. The Balaban J connectivity index is 1.37. The van der Waals surface area contributed by atoms with E-state index in [9.17, 15) is 4.79 Å². The van der Waals surface area contributed by atoms with Crippen LogP contribution < -0.4 is 10.4 Å². The number of ketones is 1. The molecule has 0 bridgehead atoms. The summed E-state index contributed by atoms with van der Waals surface area (Å²) in [5.74, 6) is -1.39. The molecule has 0 amide bonds. The molecule has 0 radical (unpaired) electrons. The minimum absolute atomic E-state index is 0.119. The van der Waals surface area contributed by atoms with Crippen molar-refractivity contribution in [1.29, 1.82) is 0 Å². The molecule has 1 unspecified atom stereocenters. The molecule has 1 spiro atoms. The summed E-state index contributed by atoms with van der Waals surface area (Å²) < 4.78 is 39.8. The molecule has 3 aromatic carbocycles. The Hall–Kier alpha value is -2.95. The van der Waals surface area contributed by atoms with Crippen LogP contribution in [0.1, 0.15) is 66.4 Å². The van der Waals surface area contributed by atoms with Crippen LogP contribution in [0.2, 0.25) is 5.04 Å². The summed E-state index contributed by atoms with van der Waals surface area (Å²) >= 11 is 0. The van der Waals surface area contributed by atoms with Crippen molar-refractivity contribution >= 4 is 24.5 Å². The summed E-state index contributed by atoms with van der Waals surface area (Å²) in [5.41, 5.74) is 0.430. The maximum atomic E-state index is 13.9. The fourth-order valence-electron chi connectivity index (χ4n) is 8.02. The fourth-order valence-corrected chi connectivity index (χ4v) is 12.6. The van der Waals surface area contributed by atoms with E-state index in [4.69, 9.17) is 28.1 Å². The molecule has 276 valence electrons. The molecule has 0 aromatic heterocycles. The van der Waals surface area contributed by atoms with Crippen LogP contribution in [0.4, 0.5) is 0 Å². The van der Waals surface area contributed by atoms with Gasteiger partial charge in [-0.1, -0.05) is 139 Å². The minimum Gasteiger partial charge on any atom is -0.407 e. The van der Waals surface area contributed by atoms with Crippen molar-refractivity contribution in [2.75, 3.05) is 26.9 Å². The van der Waals surface area contributed by atoms with E-state index in [0.717, 1.165) is 5.56 Å². The van der Waals surface area contributed by atoms with Crippen LogP contribution in [0.15, 0.2) is 104 Å². The van der Waals surface area contributed by atoms with Gasteiger partial charge in [0.15, 0.2) is 5.79 Å². The topological polar surface area (TPSA) is 72.5 Å². The second-order valence-corrected chi connectivity index (χ2v) is 19.9. The van der Waals surface area contributed by atoms with Crippen molar-refractivity contribution < 1.29 is 32.9 Å². The third-order valence-corrected chi connectivity index (χ3v) is 16.0. The number of Topliss-reactive ketones (excluding diaryl/α,β-unsaturated/α-hetero) is 1. The number of rotatable bonds is 16. The predicted octanol–water partition coefficient (Wildman–Crippen LogP) is 7.26. The van der Waals surface area contributed by atoms with E-state index in [1.54, 1.807) is 13.2 Å². The van der Waals surface area contributed by atoms with Crippen LogP contribution in [0.3, 0.4) is 0 Å². The highest BCUT2D eigenvalue weighted by Crippen LogP contribution is 2.55. The molecule has 2 aliphatic rings. The molecular formula is C43H58O7Si. The van der Waals surface area contributed by atoms with Crippen molar-refractivity contribution in [3.05, 3.63) is 109 Å². The number of carbonyl (C=O) groups excluding carboxylic acids is 1. The van der Waals surface area contributed by atoms with Crippen LogP contribution in [0, 0.1) is 11.3 Å². The van der Waals surface area contributed by atoms with Crippen LogP contribution >= 0.6 is 0 Å². The van der Waals surface area contributed by atoms with E-state index >= 15 is 0 Å². The van der Waals surface area contributed by atoms with E-state index in [-0.39, 0.29) is 29.3 Å². The summed E-state index contributed by atoms with van der Waals surface area (Å²) in [6, 6.07) is 31.3. The lowest BCUT2D eigenvalue weighted by Crippen LogP contribution is -2.66. The molecule has 2 aliphatic heterocycles. The molecule has 51 heavy (non-hydrogen) atoms. The summed E-state index contributed by atoms with van der Waals surface area (Å²) in [4.78, 5) is 13.9. The minimum atomic E-state index is -2.77. The Morgan fingerprint density at radius 2 is 1.51 bits per heavy atom. The van der Waals surface area contributed by atoms with Gasteiger partial charge in [0.25, 0.3) is 8.32 Å². The Bertz CT molecular complexity index is 1500. The van der Waals surface area contributed by atoms with Gasteiger partial charge in [0.2, 0.25) is 0 Å². The molecule has 2 fully saturated rings. The van der Waals surface area contributed by atoms with Gasteiger partial charge in [0.05, 0.1) is 37.9 Å². The quantitative estimate of drug-likeness (QED) is 0.0879. The lowest BCUT2D eigenvalue weighted by Gasteiger charge is -2.48. The van der Waals surface area contributed by atoms with Gasteiger partial charge in [0, 0.05) is 31.7 Å². The standard InChI is InChI=1S/C43H58O7Si/c1-9-27-47-40-39(38(45-8)25-28-46-31-33-19-13-10-14-20-33)50-43(42(40,6)7)30-36(44)32(2)37(49-43)26-29-48-51(41(3,4)5,34-21-15-11-16-22-34)35-23-17-12-18-24-35/h9-24,32,37-40H,1,25-31H2,2-8H3/t32-,37-,38-,39+,40-,43?/m0/s1. The Morgan fingerprint density at radius 3 is 2.06 bits per heavy atom. The summed E-state index contributed by atoms with van der Waals surface area (Å²) in [6.45, 7) is 18.6. The van der Waals surface area contributed by atoms with Crippen LogP contribution in [-0.2, 0) is 39.5 Å². The number of hydrogen-bond donors (Lipinski definition) is 0. The fraction of sp³-hybridized carbons (Fsp3) is 0.512. The molecule has 5 rings (SSSR count). The molecular weight excluding hydrogens is 657 g/mol. The highest BCUT2D eigenvalue weighted by molar-refractivity contribution is 6.99. The second-order valence-electron chi connectivity index (χ2n) is 15.6. The maximum absolute atomic E-state index is 13.9. The highest BCUT2D eigenvalue weighted by Gasteiger charge is 2.67. The molecule has 3 aromatic rings. The van der Waals surface area contributed by atoms with E-state index in [2.05, 4.69) is 89.7 Å². The molecule has 2 saturated heterocycles. The van der Waals surface area contributed by atoms with Gasteiger partial charge in [-0.05, 0) is 33.8 Å². The largest absolute Gasteiger partial charge is 0.407 e.